The fourth-order valence-electron chi connectivity index (χ4n) is 1.14. The fraction of sp³-hybridized carbons (Fsp3) is 0.333. The lowest BCUT2D eigenvalue weighted by Gasteiger charge is -2.05. The Kier molecular flexibility index (Phi) is 3.92. The molecule has 3 nitrogen and oxygen atoms in total. The molecule has 1 rings (SSSR count). The maximum absolute atomic E-state index is 10.4. The Labute approximate surface area is 80.2 Å². The third kappa shape index (κ3) is 3.16. The summed E-state index contributed by atoms with van der Waals surface area (Å²) in [5, 5.41) is 0. The lowest BCUT2D eigenvalue weighted by Crippen LogP contribution is -2.00. The van der Waals surface area contributed by atoms with Gasteiger partial charge in [-0.1, -0.05) is 31.5 Å². The summed E-state index contributed by atoms with van der Waals surface area (Å²) < 4.78 is 23.7. The zero-order valence-electron chi connectivity index (χ0n) is 7.40. The highest BCUT2D eigenvalue weighted by Gasteiger charge is 2.03. The molecule has 0 aliphatic carbocycles. The van der Waals surface area contributed by atoms with Crippen LogP contribution >= 0.6 is 0 Å². The van der Waals surface area contributed by atoms with Gasteiger partial charge in [0.25, 0.3) is 0 Å². The third-order valence-electron chi connectivity index (χ3n) is 1.65. The van der Waals surface area contributed by atoms with E-state index in [1.807, 2.05) is 19.1 Å². The Hall–Kier alpha value is -0.870. The quantitative estimate of drug-likeness (QED) is 0.757. The Balaban J connectivity index is 2.84. The maximum atomic E-state index is 10.4. The summed E-state index contributed by atoms with van der Waals surface area (Å²) in [5.41, 5.74) is 0.965. The van der Waals surface area contributed by atoms with Gasteiger partial charge in [-0.25, -0.2) is 0 Å². The number of hydrogen-bond donors (Lipinski definition) is 1. The molecule has 0 spiro atoms. The first kappa shape index (κ1) is 10.2. The Morgan fingerprint density at radius 3 is 2.77 bits per heavy atom. The first-order chi connectivity index (χ1) is 6.24. The first-order valence-electron chi connectivity index (χ1n) is 4.11. The number of benzene rings is 1. The van der Waals surface area contributed by atoms with Gasteiger partial charge in [0.2, 0.25) is 0 Å². The number of aryl methyl sites for hydroxylation is 1. The molecule has 1 unspecified atom stereocenters. The van der Waals surface area contributed by atoms with Gasteiger partial charge in [0.15, 0.2) is 0 Å². The van der Waals surface area contributed by atoms with Gasteiger partial charge >= 0.3 is 11.4 Å². The third-order valence-corrected chi connectivity index (χ3v) is 1.98. The molecule has 13 heavy (non-hydrogen) atoms. The van der Waals surface area contributed by atoms with Crippen LogP contribution in [-0.2, 0) is 17.8 Å². The Bertz CT molecular complexity index is 299. The predicted octanol–water partition coefficient (Wildman–Crippen LogP) is 2.15. The average Bonchev–Trinajstić information content (AvgIpc) is 2.08. The minimum absolute atomic E-state index is 0.491. The number of para-hydroxylation sites is 1. The van der Waals surface area contributed by atoms with Crippen LogP contribution in [0.4, 0.5) is 0 Å². The molecule has 0 amide bonds. The summed E-state index contributed by atoms with van der Waals surface area (Å²) in [6.45, 7) is 2.05. The van der Waals surface area contributed by atoms with Gasteiger partial charge in [0, 0.05) is 0 Å². The average molecular weight is 200 g/mol. The highest BCUT2D eigenvalue weighted by Crippen LogP contribution is 2.19. The van der Waals surface area contributed by atoms with Crippen molar-refractivity contribution >= 4 is 11.4 Å². The molecular weight excluding hydrogens is 188 g/mol. The summed E-state index contributed by atoms with van der Waals surface area (Å²) in [7, 11) is 0. The minimum atomic E-state index is -2.23. The van der Waals surface area contributed by atoms with Gasteiger partial charge in [0.1, 0.15) is 5.75 Å². The van der Waals surface area contributed by atoms with E-state index in [-0.39, 0.29) is 0 Å². The second kappa shape index (κ2) is 4.99. The molecule has 0 heterocycles. The van der Waals surface area contributed by atoms with Crippen molar-refractivity contribution in [2.24, 2.45) is 0 Å². The van der Waals surface area contributed by atoms with Crippen molar-refractivity contribution in [2.45, 2.75) is 19.8 Å². The van der Waals surface area contributed by atoms with E-state index in [4.69, 9.17) is 8.74 Å². The molecule has 0 aliphatic heterocycles. The molecule has 4 heteroatoms. The fourth-order valence-corrected chi connectivity index (χ4v) is 1.45. The molecule has 0 aliphatic rings. The molecule has 1 atom stereocenters. The molecule has 0 saturated heterocycles. The van der Waals surface area contributed by atoms with Crippen molar-refractivity contribution in [2.75, 3.05) is 0 Å². The maximum Gasteiger partial charge on any atom is 0.357 e. The molecule has 1 N–H and O–H groups in total. The molecule has 1 aromatic rings. The molecular formula is C9H12O3S. The van der Waals surface area contributed by atoms with E-state index < -0.39 is 11.4 Å². The zero-order chi connectivity index (χ0) is 9.68. The van der Waals surface area contributed by atoms with Gasteiger partial charge in [-0.3, -0.25) is 4.55 Å². The number of hydrogen-bond acceptors (Lipinski definition) is 2. The molecule has 0 radical (unpaired) electrons. The van der Waals surface area contributed by atoms with Crippen LogP contribution in [0, 0.1) is 0 Å². The topological polar surface area (TPSA) is 46.5 Å². The second-order valence-corrected chi connectivity index (χ2v) is 3.26. The summed E-state index contributed by atoms with van der Waals surface area (Å²) in [6.07, 6.45) is 1.84. The van der Waals surface area contributed by atoms with Crippen LogP contribution in [0.2, 0.25) is 0 Å². The van der Waals surface area contributed by atoms with Crippen LogP contribution in [0.3, 0.4) is 0 Å². The van der Waals surface area contributed by atoms with Crippen molar-refractivity contribution in [1.82, 2.24) is 0 Å². The van der Waals surface area contributed by atoms with Crippen molar-refractivity contribution in [3.63, 3.8) is 0 Å². The molecule has 0 saturated carbocycles. The monoisotopic (exact) mass is 200 g/mol. The van der Waals surface area contributed by atoms with Crippen LogP contribution in [0.15, 0.2) is 24.3 Å². The van der Waals surface area contributed by atoms with Crippen LogP contribution < -0.4 is 4.18 Å². The van der Waals surface area contributed by atoms with Gasteiger partial charge in [0.05, 0.1) is 0 Å². The van der Waals surface area contributed by atoms with E-state index in [9.17, 15) is 4.21 Å². The highest BCUT2D eigenvalue weighted by atomic mass is 32.2. The van der Waals surface area contributed by atoms with E-state index in [0.29, 0.717) is 5.75 Å². The van der Waals surface area contributed by atoms with Crippen LogP contribution in [0.1, 0.15) is 18.9 Å². The van der Waals surface area contributed by atoms with Crippen LogP contribution in [-0.4, -0.2) is 8.76 Å². The van der Waals surface area contributed by atoms with E-state index in [1.54, 1.807) is 12.1 Å². The van der Waals surface area contributed by atoms with E-state index >= 15 is 0 Å². The van der Waals surface area contributed by atoms with Gasteiger partial charge < -0.3 is 4.18 Å². The smallest absolute Gasteiger partial charge is 0.357 e. The van der Waals surface area contributed by atoms with Crippen molar-refractivity contribution in [1.29, 1.82) is 0 Å². The van der Waals surface area contributed by atoms with E-state index in [1.165, 1.54) is 0 Å². The summed E-state index contributed by atoms with van der Waals surface area (Å²) >= 11 is -2.23. The van der Waals surface area contributed by atoms with Crippen molar-refractivity contribution in [3.05, 3.63) is 29.8 Å². The molecule has 72 valence electrons. The normalized spacial score (nSPS) is 12.5. The molecule has 0 fully saturated rings. The Morgan fingerprint density at radius 1 is 1.46 bits per heavy atom. The first-order valence-corrected chi connectivity index (χ1v) is 5.14. The van der Waals surface area contributed by atoms with Gasteiger partial charge in [-0.05, 0) is 18.1 Å². The summed E-state index contributed by atoms with van der Waals surface area (Å²) in [4.78, 5) is 0. The lowest BCUT2D eigenvalue weighted by atomic mass is 10.1. The highest BCUT2D eigenvalue weighted by molar-refractivity contribution is 7.74. The van der Waals surface area contributed by atoms with E-state index in [2.05, 4.69) is 0 Å². The minimum Gasteiger partial charge on any atom is -0.380 e. The standard InChI is InChI=1S/C9H12O3S/c1-2-5-8-6-3-4-7-9(8)12-13(10)11/h3-4,6-7H,2,5H2,1H3,(H,10,11). The SMILES string of the molecule is CCCc1ccccc1OS(=O)O. The molecule has 0 bridgehead atoms. The van der Waals surface area contributed by atoms with Crippen molar-refractivity contribution in [3.8, 4) is 5.75 Å². The van der Waals surface area contributed by atoms with E-state index in [0.717, 1.165) is 18.4 Å². The summed E-state index contributed by atoms with van der Waals surface area (Å²) in [6, 6.07) is 7.25. The number of rotatable bonds is 4. The second-order valence-electron chi connectivity index (χ2n) is 2.66. The lowest BCUT2D eigenvalue weighted by molar-refractivity contribution is 0.455. The summed E-state index contributed by atoms with van der Waals surface area (Å²) in [5.74, 6) is 0.491. The van der Waals surface area contributed by atoms with Crippen molar-refractivity contribution < 1.29 is 12.9 Å². The molecule has 0 aromatic heterocycles. The van der Waals surface area contributed by atoms with Crippen LogP contribution in [0.25, 0.3) is 0 Å². The predicted molar refractivity (Wildman–Crippen MR) is 51.8 cm³/mol. The Morgan fingerprint density at radius 2 is 2.15 bits per heavy atom. The van der Waals surface area contributed by atoms with Gasteiger partial charge in [-0.15, -0.1) is 0 Å². The van der Waals surface area contributed by atoms with Gasteiger partial charge in [-0.2, -0.15) is 4.21 Å². The largest absolute Gasteiger partial charge is 0.380 e. The molecule has 1 aromatic carbocycles. The zero-order valence-corrected chi connectivity index (χ0v) is 8.21. The van der Waals surface area contributed by atoms with Crippen LogP contribution in [0.5, 0.6) is 5.75 Å².